The molecule has 0 aliphatic heterocycles. The van der Waals surface area contributed by atoms with Gasteiger partial charge in [-0.25, -0.2) is 0 Å². The Morgan fingerprint density at radius 2 is 1.83 bits per heavy atom. The average molecular weight is 162 g/mol. The Hall–Kier alpha value is -0.780. The molecule has 12 heavy (non-hydrogen) atoms. The quantitative estimate of drug-likeness (QED) is 0.549. The molecule has 1 aliphatic rings. The summed E-state index contributed by atoms with van der Waals surface area (Å²) in [7, 11) is 0. The lowest BCUT2D eigenvalue weighted by atomic mass is 9.91. The first-order chi connectivity index (χ1) is 5.59. The molecule has 0 unspecified atom stereocenters. The third-order valence-corrected chi connectivity index (χ3v) is 2.42. The predicted octanol–water partition coefficient (Wildman–Crippen LogP) is 3.87. The molecule has 0 heteroatoms. The number of hydrogen-bond acceptors (Lipinski definition) is 0. The molecule has 0 bridgehead atoms. The number of rotatable bonds is 1. The van der Waals surface area contributed by atoms with Crippen LogP contribution in [0.25, 0.3) is 0 Å². The van der Waals surface area contributed by atoms with Crippen molar-refractivity contribution in [1.82, 2.24) is 0 Å². The lowest BCUT2D eigenvalue weighted by Gasteiger charge is -2.13. The van der Waals surface area contributed by atoms with Crippen LogP contribution in [0, 0.1) is 5.41 Å². The van der Waals surface area contributed by atoms with Crippen LogP contribution in [-0.2, 0) is 0 Å². The van der Waals surface area contributed by atoms with Crippen molar-refractivity contribution in [2.24, 2.45) is 5.41 Å². The van der Waals surface area contributed by atoms with E-state index in [-0.39, 0.29) is 0 Å². The summed E-state index contributed by atoms with van der Waals surface area (Å²) >= 11 is 0. The van der Waals surface area contributed by atoms with Gasteiger partial charge in [0.2, 0.25) is 0 Å². The van der Waals surface area contributed by atoms with Crippen molar-refractivity contribution < 1.29 is 0 Å². The molecule has 0 saturated heterocycles. The van der Waals surface area contributed by atoms with Gasteiger partial charge in [-0.3, -0.25) is 0 Å². The van der Waals surface area contributed by atoms with Gasteiger partial charge < -0.3 is 0 Å². The molecule has 0 radical (unpaired) electrons. The van der Waals surface area contributed by atoms with E-state index in [0.29, 0.717) is 5.41 Å². The van der Waals surface area contributed by atoms with Crippen LogP contribution in [0.3, 0.4) is 0 Å². The molecule has 0 spiro atoms. The van der Waals surface area contributed by atoms with Crippen molar-refractivity contribution in [3.63, 3.8) is 0 Å². The van der Waals surface area contributed by atoms with Gasteiger partial charge in [0.1, 0.15) is 0 Å². The maximum Gasteiger partial charge on any atom is -0.0221 e. The number of allylic oxidation sites excluding steroid dienone is 5. The Bertz CT molecular complexity index is 239. The molecular weight excluding hydrogens is 144 g/mol. The molecule has 66 valence electrons. The van der Waals surface area contributed by atoms with Crippen molar-refractivity contribution in [3.8, 4) is 0 Å². The zero-order valence-electron chi connectivity index (χ0n) is 8.35. The summed E-state index contributed by atoms with van der Waals surface area (Å²) in [6.07, 6.45) is 8.66. The van der Waals surface area contributed by atoms with Crippen molar-refractivity contribution in [2.45, 2.75) is 33.6 Å². The topological polar surface area (TPSA) is 0 Å². The average Bonchev–Trinajstić information content (AvgIpc) is 2.26. The molecule has 1 saturated carbocycles. The normalized spacial score (nSPS) is 28.2. The summed E-state index contributed by atoms with van der Waals surface area (Å²) in [6.45, 7) is 10.5. The molecule has 0 atom stereocenters. The number of hydrogen-bond donors (Lipinski definition) is 0. The lowest BCUT2D eigenvalue weighted by Crippen LogP contribution is -2.02. The van der Waals surface area contributed by atoms with Crippen molar-refractivity contribution in [1.29, 1.82) is 0 Å². The first-order valence-electron chi connectivity index (χ1n) is 4.56. The van der Waals surface area contributed by atoms with Gasteiger partial charge in [-0.1, -0.05) is 38.7 Å². The Labute approximate surface area is 75.7 Å². The molecule has 1 aliphatic carbocycles. The molecule has 0 aromatic heterocycles. The van der Waals surface area contributed by atoms with E-state index >= 15 is 0 Å². The second kappa shape index (κ2) is 3.30. The van der Waals surface area contributed by atoms with Crippen LogP contribution in [0.15, 0.2) is 36.0 Å². The van der Waals surface area contributed by atoms with Gasteiger partial charge in [-0.15, -0.1) is 0 Å². The van der Waals surface area contributed by atoms with E-state index in [2.05, 4.69) is 39.5 Å². The van der Waals surface area contributed by atoms with Gasteiger partial charge in [0, 0.05) is 0 Å². The van der Waals surface area contributed by atoms with Crippen molar-refractivity contribution in [2.75, 3.05) is 0 Å². The SMILES string of the molecule is C=C/C=C1/CC(C)(C)C/C1=C/C. The molecule has 1 fully saturated rings. The maximum absolute atomic E-state index is 3.74. The highest BCUT2D eigenvalue weighted by molar-refractivity contribution is 5.39. The van der Waals surface area contributed by atoms with Crippen LogP contribution in [0.5, 0.6) is 0 Å². The molecular formula is C12H18. The van der Waals surface area contributed by atoms with E-state index in [1.165, 1.54) is 24.0 Å². The maximum atomic E-state index is 3.74. The highest BCUT2D eigenvalue weighted by Crippen LogP contribution is 2.44. The van der Waals surface area contributed by atoms with Gasteiger partial charge in [0.25, 0.3) is 0 Å². The first kappa shape index (κ1) is 9.31. The molecule has 1 rings (SSSR count). The first-order valence-corrected chi connectivity index (χ1v) is 4.56. The summed E-state index contributed by atoms with van der Waals surface area (Å²) in [5.41, 5.74) is 3.42. The van der Waals surface area contributed by atoms with Crippen LogP contribution < -0.4 is 0 Å². The van der Waals surface area contributed by atoms with Gasteiger partial charge >= 0.3 is 0 Å². The summed E-state index contributed by atoms with van der Waals surface area (Å²) in [6, 6.07) is 0. The summed E-state index contributed by atoms with van der Waals surface area (Å²) in [5.74, 6) is 0. The highest BCUT2D eigenvalue weighted by atomic mass is 14.3. The zero-order chi connectivity index (χ0) is 9.19. The summed E-state index contributed by atoms with van der Waals surface area (Å²) in [4.78, 5) is 0. The lowest BCUT2D eigenvalue weighted by molar-refractivity contribution is 0.401. The smallest absolute Gasteiger partial charge is 0.0221 e. The minimum atomic E-state index is 0.455. The third-order valence-electron chi connectivity index (χ3n) is 2.42. The molecule has 0 amide bonds. The van der Waals surface area contributed by atoms with E-state index in [9.17, 15) is 0 Å². The largest absolute Gasteiger partial charge is 0.0991 e. The zero-order valence-corrected chi connectivity index (χ0v) is 8.35. The van der Waals surface area contributed by atoms with Gasteiger partial charge in [-0.05, 0) is 36.3 Å². The van der Waals surface area contributed by atoms with Crippen LogP contribution in [0.4, 0.5) is 0 Å². The fourth-order valence-corrected chi connectivity index (χ4v) is 1.92. The summed E-state index contributed by atoms with van der Waals surface area (Å²) < 4.78 is 0. The molecule has 0 heterocycles. The van der Waals surface area contributed by atoms with E-state index in [1.54, 1.807) is 0 Å². The van der Waals surface area contributed by atoms with Crippen LogP contribution >= 0.6 is 0 Å². The predicted molar refractivity (Wildman–Crippen MR) is 55.1 cm³/mol. The minimum absolute atomic E-state index is 0.455. The van der Waals surface area contributed by atoms with Gasteiger partial charge in [0.15, 0.2) is 0 Å². The molecule has 0 aromatic rings. The van der Waals surface area contributed by atoms with E-state index in [4.69, 9.17) is 0 Å². The standard InChI is InChI=1S/C12H18/c1-5-7-11-9-12(3,4)8-10(11)6-2/h5-7H,1,8-9H2,2-4H3/b10-6-,11-7-. The van der Waals surface area contributed by atoms with Crippen molar-refractivity contribution in [3.05, 3.63) is 36.0 Å². The van der Waals surface area contributed by atoms with Crippen LogP contribution in [-0.4, -0.2) is 0 Å². The third kappa shape index (κ3) is 1.88. The van der Waals surface area contributed by atoms with Crippen LogP contribution in [0.2, 0.25) is 0 Å². The monoisotopic (exact) mass is 162 g/mol. The van der Waals surface area contributed by atoms with Gasteiger partial charge in [0.05, 0.1) is 0 Å². The second-order valence-corrected chi connectivity index (χ2v) is 4.26. The second-order valence-electron chi connectivity index (χ2n) is 4.26. The Kier molecular flexibility index (Phi) is 2.56. The fraction of sp³-hybridized carbons (Fsp3) is 0.500. The fourth-order valence-electron chi connectivity index (χ4n) is 1.92. The molecule has 0 N–H and O–H groups in total. The molecule has 0 nitrogen and oxygen atoms in total. The Balaban J connectivity index is 2.91. The Morgan fingerprint density at radius 1 is 1.25 bits per heavy atom. The summed E-state index contributed by atoms with van der Waals surface area (Å²) in [5, 5.41) is 0. The van der Waals surface area contributed by atoms with Gasteiger partial charge in [-0.2, -0.15) is 0 Å². The van der Waals surface area contributed by atoms with Crippen molar-refractivity contribution >= 4 is 0 Å². The van der Waals surface area contributed by atoms with E-state index in [0.717, 1.165) is 0 Å². The minimum Gasteiger partial charge on any atom is -0.0991 e. The Morgan fingerprint density at radius 3 is 2.33 bits per heavy atom. The highest BCUT2D eigenvalue weighted by Gasteiger charge is 2.29. The van der Waals surface area contributed by atoms with E-state index < -0.39 is 0 Å². The molecule has 0 aromatic carbocycles. The van der Waals surface area contributed by atoms with Crippen LogP contribution in [0.1, 0.15) is 33.6 Å². The van der Waals surface area contributed by atoms with E-state index in [1.807, 2.05) is 6.08 Å².